The lowest BCUT2D eigenvalue weighted by Gasteiger charge is -2.10. The number of tetrazole rings is 1. The molecule has 0 fully saturated rings. The van der Waals surface area contributed by atoms with E-state index in [1.807, 2.05) is 38.1 Å². The van der Waals surface area contributed by atoms with E-state index in [1.54, 1.807) is 16.8 Å². The van der Waals surface area contributed by atoms with Gasteiger partial charge in [-0.15, -0.1) is 5.10 Å². The van der Waals surface area contributed by atoms with Gasteiger partial charge in [0, 0.05) is 11.7 Å². The van der Waals surface area contributed by atoms with Crippen LogP contribution in [0.3, 0.4) is 0 Å². The molecular formula is C19H21FN6O. The van der Waals surface area contributed by atoms with Crippen LogP contribution >= 0.6 is 0 Å². The number of hydrogen-bond donors (Lipinski definition) is 2. The number of nitrogens with one attached hydrogen (secondary N) is 2. The minimum absolute atomic E-state index is 0.00387. The number of halogens is 1. The summed E-state index contributed by atoms with van der Waals surface area (Å²) in [5.74, 6) is 0.292. The van der Waals surface area contributed by atoms with Gasteiger partial charge in [0.2, 0.25) is 5.91 Å². The Morgan fingerprint density at radius 1 is 1.11 bits per heavy atom. The maximum absolute atomic E-state index is 13.1. The molecule has 7 nitrogen and oxygen atoms in total. The first kappa shape index (κ1) is 18.5. The van der Waals surface area contributed by atoms with Crippen molar-refractivity contribution in [2.45, 2.75) is 32.9 Å². The van der Waals surface area contributed by atoms with Gasteiger partial charge >= 0.3 is 0 Å². The number of rotatable bonds is 7. The standard InChI is InChI=1S/C19H21FN6O/c1-13(2)22-19(27)11-14-3-7-16(8-4-14)21-12-18-23-24-25-26(18)17-9-5-15(20)6-10-17/h3-10,13,21H,11-12H2,1-2H3,(H,22,27). The summed E-state index contributed by atoms with van der Waals surface area (Å²) in [7, 11) is 0. The SMILES string of the molecule is CC(C)NC(=O)Cc1ccc(NCc2nnnn2-c2ccc(F)cc2)cc1. The highest BCUT2D eigenvalue weighted by atomic mass is 19.1. The van der Waals surface area contributed by atoms with Crippen LogP contribution in [0.2, 0.25) is 0 Å². The monoisotopic (exact) mass is 368 g/mol. The fourth-order valence-corrected chi connectivity index (χ4v) is 2.58. The second kappa shape index (κ2) is 8.39. The molecule has 3 aromatic rings. The van der Waals surface area contributed by atoms with Gasteiger partial charge in [0.15, 0.2) is 5.82 Å². The zero-order valence-corrected chi connectivity index (χ0v) is 15.2. The van der Waals surface area contributed by atoms with Crippen LogP contribution in [0.1, 0.15) is 25.2 Å². The lowest BCUT2D eigenvalue weighted by molar-refractivity contribution is -0.120. The summed E-state index contributed by atoms with van der Waals surface area (Å²) in [6.07, 6.45) is 0.348. The van der Waals surface area contributed by atoms with Crippen molar-refractivity contribution in [3.05, 3.63) is 65.7 Å². The van der Waals surface area contributed by atoms with Crippen LogP contribution in [0, 0.1) is 5.82 Å². The molecule has 2 aromatic carbocycles. The van der Waals surface area contributed by atoms with Crippen LogP contribution in [0.15, 0.2) is 48.5 Å². The maximum Gasteiger partial charge on any atom is 0.224 e. The smallest absolute Gasteiger partial charge is 0.224 e. The summed E-state index contributed by atoms with van der Waals surface area (Å²) in [5.41, 5.74) is 2.51. The molecular weight excluding hydrogens is 347 g/mol. The van der Waals surface area contributed by atoms with Gasteiger partial charge in [-0.3, -0.25) is 4.79 Å². The number of nitrogens with zero attached hydrogens (tertiary/aromatic N) is 4. The molecule has 0 radical (unpaired) electrons. The van der Waals surface area contributed by atoms with Crippen molar-refractivity contribution < 1.29 is 9.18 Å². The lowest BCUT2D eigenvalue weighted by Crippen LogP contribution is -2.31. The third kappa shape index (κ3) is 5.10. The number of benzene rings is 2. The van der Waals surface area contributed by atoms with Gasteiger partial charge in [-0.2, -0.15) is 4.68 Å². The molecule has 0 aliphatic heterocycles. The van der Waals surface area contributed by atoms with Crippen molar-refractivity contribution >= 4 is 11.6 Å². The first-order valence-electron chi connectivity index (χ1n) is 8.66. The number of amides is 1. The fourth-order valence-electron chi connectivity index (χ4n) is 2.58. The summed E-state index contributed by atoms with van der Waals surface area (Å²) in [5, 5.41) is 17.8. The third-order valence-corrected chi connectivity index (χ3v) is 3.82. The molecule has 27 heavy (non-hydrogen) atoms. The van der Waals surface area contributed by atoms with Crippen molar-refractivity contribution in [2.24, 2.45) is 0 Å². The van der Waals surface area contributed by atoms with Gasteiger partial charge in [0.25, 0.3) is 0 Å². The fraction of sp³-hybridized carbons (Fsp3) is 0.263. The van der Waals surface area contributed by atoms with Crippen LogP contribution in [-0.4, -0.2) is 32.2 Å². The number of carbonyl (C=O) groups excluding carboxylic acids is 1. The molecule has 3 rings (SSSR count). The largest absolute Gasteiger partial charge is 0.378 e. The maximum atomic E-state index is 13.1. The number of carbonyl (C=O) groups is 1. The molecule has 1 aromatic heterocycles. The quantitative estimate of drug-likeness (QED) is 0.669. The highest BCUT2D eigenvalue weighted by molar-refractivity contribution is 5.78. The molecule has 1 heterocycles. The van der Waals surface area contributed by atoms with E-state index in [4.69, 9.17) is 0 Å². The summed E-state index contributed by atoms with van der Waals surface area (Å²) < 4.78 is 14.6. The van der Waals surface area contributed by atoms with Gasteiger partial charge in [-0.25, -0.2) is 4.39 Å². The summed E-state index contributed by atoms with van der Waals surface area (Å²) in [4.78, 5) is 11.8. The van der Waals surface area contributed by atoms with Gasteiger partial charge in [0.1, 0.15) is 5.82 Å². The Kier molecular flexibility index (Phi) is 5.75. The summed E-state index contributed by atoms with van der Waals surface area (Å²) in [6, 6.07) is 13.7. The van der Waals surface area contributed by atoms with Gasteiger partial charge in [-0.05, 0) is 66.2 Å². The Morgan fingerprint density at radius 2 is 1.81 bits per heavy atom. The molecule has 0 saturated carbocycles. The first-order chi connectivity index (χ1) is 13.0. The Labute approximate surface area is 156 Å². The van der Waals surface area contributed by atoms with Crippen LogP contribution in [0.5, 0.6) is 0 Å². The minimum Gasteiger partial charge on any atom is -0.378 e. The van der Waals surface area contributed by atoms with Gasteiger partial charge in [0.05, 0.1) is 18.7 Å². The van der Waals surface area contributed by atoms with Crippen molar-refractivity contribution in [1.82, 2.24) is 25.5 Å². The van der Waals surface area contributed by atoms with Crippen LogP contribution < -0.4 is 10.6 Å². The molecule has 0 spiro atoms. The van der Waals surface area contributed by atoms with Crippen LogP contribution in [0.4, 0.5) is 10.1 Å². The molecule has 8 heteroatoms. The van der Waals surface area contributed by atoms with Crippen molar-refractivity contribution in [2.75, 3.05) is 5.32 Å². The predicted octanol–water partition coefficient (Wildman–Crippen LogP) is 2.48. The van der Waals surface area contributed by atoms with Gasteiger partial charge in [-0.1, -0.05) is 12.1 Å². The van der Waals surface area contributed by atoms with E-state index in [0.29, 0.717) is 24.5 Å². The highest BCUT2D eigenvalue weighted by Crippen LogP contribution is 2.13. The van der Waals surface area contributed by atoms with Crippen molar-refractivity contribution in [3.63, 3.8) is 0 Å². The molecule has 0 bridgehead atoms. The molecule has 0 atom stereocenters. The number of hydrogen-bond acceptors (Lipinski definition) is 5. The van der Waals surface area contributed by atoms with Gasteiger partial charge < -0.3 is 10.6 Å². The average molecular weight is 368 g/mol. The number of anilines is 1. The highest BCUT2D eigenvalue weighted by Gasteiger charge is 2.09. The van der Waals surface area contributed by atoms with Crippen molar-refractivity contribution in [3.8, 4) is 5.69 Å². The molecule has 1 amide bonds. The Bertz CT molecular complexity index is 889. The normalized spacial score (nSPS) is 10.8. The average Bonchev–Trinajstić information content (AvgIpc) is 3.09. The molecule has 0 aliphatic rings. The Hall–Kier alpha value is -3.29. The molecule has 0 saturated heterocycles. The first-order valence-corrected chi connectivity index (χ1v) is 8.66. The van der Waals surface area contributed by atoms with Crippen LogP contribution in [-0.2, 0) is 17.8 Å². The number of aromatic nitrogens is 4. The lowest BCUT2D eigenvalue weighted by atomic mass is 10.1. The van der Waals surface area contributed by atoms with E-state index in [-0.39, 0.29) is 17.8 Å². The molecule has 0 unspecified atom stereocenters. The van der Waals surface area contributed by atoms with E-state index in [9.17, 15) is 9.18 Å². The van der Waals surface area contributed by atoms with E-state index in [0.717, 1.165) is 11.3 Å². The molecule has 0 aliphatic carbocycles. The Morgan fingerprint density at radius 3 is 2.48 bits per heavy atom. The van der Waals surface area contributed by atoms with E-state index < -0.39 is 0 Å². The second-order valence-corrected chi connectivity index (χ2v) is 6.43. The Balaban J connectivity index is 1.60. The van der Waals surface area contributed by atoms with Crippen molar-refractivity contribution in [1.29, 1.82) is 0 Å². The molecule has 140 valence electrons. The zero-order chi connectivity index (χ0) is 19.2. The van der Waals surface area contributed by atoms with E-state index in [1.165, 1.54) is 12.1 Å². The zero-order valence-electron chi connectivity index (χ0n) is 15.2. The second-order valence-electron chi connectivity index (χ2n) is 6.43. The predicted molar refractivity (Wildman–Crippen MR) is 99.9 cm³/mol. The van der Waals surface area contributed by atoms with E-state index in [2.05, 4.69) is 26.2 Å². The third-order valence-electron chi connectivity index (χ3n) is 3.82. The van der Waals surface area contributed by atoms with Crippen LogP contribution in [0.25, 0.3) is 5.69 Å². The van der Waals surface area contributed by atoms with E-state index >= 15 is 0 Å². The summed E-state index contributed by atoms with van der Waals surface area (Å²) >= 11 is 0. The molecule has 2 N–H and O–H groups in total. The topological polar surface area (TPSA) is 84.7 Å². The minimum atomic E-state index is -0.311. The summed E-state index contributed by atoms with van der Waals surface area (Å²) in [6.45, 7) is 4.27.